The number of aryl methyl sites for hydroxylation is 1. The number of amides is 1. The highest BCUT2D eigenvalue weighted by atomic mass is 16.1. The van der Waals surface area contributed by atoms with Crippen molar-refractivity contribution in [2.75, 3.05) is 0 Å². The van der Waals surface area contributed by atoms with Crippen LogP contribution in [0.3, 0.4) is 0 Å². The van der Waals surface area contributed by atoms with Gasteiger partial charge in [-0.3, -0.25) is 4.79 Å². The van der Waals surface area contributed by atoms with Crippen molar-refractivity contribution in [1.29, 1.82) is 0 Å². The van der Waals surface area contributed by atoms with E-state index in [1.165, 1.54) is 11.1 Å². The Balaban J connectivity index is 1.93. The average molecular weight is 293 g/mol. The maximum Gasteiger partial charge on any atom is 0.217 e. The highest BCUT2D eigenvalue weighted by Gasteiger charge is 2.10. The Hall–Kier alpha value is -2.35. The fraction of sp³-hybridized carbons (Fsp3) is 0.250. The standard InChI is InChI=1S/C20H23NO/c1-16-12-14-18(15-13-16)8-6-7-11-20(21-17(2)22)19-9-4-3-5-10-19/h3-6,8-10,12-15,20H,7,11H2,1-2H3,(H,21,22)/b8-6+. The Bertz CT molecular complexity index is 614. The minimum atomic E-state index is 0.0105. The van der Waals surface area contributed by atoms with Crippen LogP contribution in [-0.2, 0) is 4.79 Å². The molecular formula is C20H23NO. The molecule has 0 aliphatic rings. The lowest BCUT2D eigenvalue weighted by molar-refractivity contribution is -0.119. The monoisotopic (exact) mass is 293 g/mol. The number of hydrogen-bond acceptors (Lipinski definition) is 1. The number of hydrogen-bond donors (Lipinski definition) is 1. The van der Waals surface area contributed by atoms with Crippen molar-refractivity contribution < 1.29 is 4.79 Å². The van der Waals surface area contributed by atoms with Crippen molar-refractivity contribution in [3.05, 3.63) is 77.4 Å². The summed E-state index contributed by atoms with van der Waals surface area (Å²) in [5, 5.41) is 3.03. The van der Waals surface area contributed by atoms with Crippen molar-refractivity contribution in [1.82, 2.24) is 5.32 Å². The predicted molar refractivity (Wildman–Crippen MR) is 92.4 cm³/mol. The number of benzene rings is 2. The third-order valence-corrected chi connectivity index (χ3v) is 3.59. The maximum absolute atomic E-state index is 11.4. The van der Waals surface area contributed by atoms with E-state index < -0.39 is 0 Å². The highest BCUT2D eigenvalue weighted by molar-refractivity contribution is 5.73. The maximum atomic E-state index is 11.4. The Morgan fingerprint density at radius 2 is 1.77 bits per heavy atom. The van der Waals surface area contributed by atoms with Crippen molar-refractivity contribution >= 4 is 12.0 Å². The second kappa shape index (κ2) is 8.18. The van der Waals surface area contributed by atoms with E-state index in [9.17, 15) is 4.79 Å². The molecule has 1 atom stereocenters. The van der Waals surface area contributed by atoms with E-state index in [2.05, 4.69) is 60.8 Å². The first-order chi connectivity index (χ1) is 10.6. The summed E-state index contributed by atoms with van der Waals surface area (Å²) in [6.07, 6.45) is 6.12. The lowest BCUT2D eigenvalue weighted by atomic mass is 10.0. The molecule has 0 aromatic heterocycles. The quantitative estimate of drug-likeness (QED) is 0.824. The second-order valence-corrected chi connectivity index (χ2v) is 5.55. The van der Waals surface area contributed by atoms with Gasteiger partial charge in [-0.15, -0.1) is 0 Å². The smallest absolute Gasteiger partial charge is 0.217 e. The lowest BCUT2D eigenvalue weighted by Crippen LogP contribution is -2.25. The molecule has 2 aromatic rings. The van der Waals surface area contributed by atoms with Crippen molar-refractivity contribution in [2.45, 2.75) is 32.7 Å². The van der Waals surface area contributed by atoms with Gasteiger partial charge >= 0.3 is 0 Å². The van der Waals surface area contributed by atoms with Crippen LogP contribution in [0, 0.1) is 6.92 Å². The van der Waals surface area contributed by atoms with Crippen LogP contribution in [0.5, 0.6) is 0 Å². The SMILES string of the molecule is CC(=O)NC(CC/C=C/c1ccc(C)cc1)c1ccccc1. The number of carbonyl (C=O) groups excluding carboxylic acids is 1. The van der Waals surface area contributed by atoms with E-state index in [0.717, 1.165) is 18.4 Å². The van der Waals surface area contributed by atoms with Crippen LogP contribution in [0.25, 0.3) is 6.08 Å². The largest absolute Gasteiger partial charge is 0.350 e. The molecule has 2 aromatic carbocycles. The van der Waals surface area contributed by atoms with E-state index >= 15 is 0 Å². The zero-order chi connectivity index (χ0) is 15.8. The molecule has 1 unspecified atom stereocenters. The van der Waals surface area contributed by atoms with Gasteiger partial charge in [0, 0.05) is 6.92 Å². The van der Waals surface area contributed by atoms with Crippen LogP contribution < -0.4 is 5.32 Å². The molecule has 0 saturated carbocycles. The summed E-state index contributed by atoms with van der Waals surface area (Å²) < 4.78 is 0. The topological polar surface area (TPSA) is 29.1 Å². The Kier molecular flexibility index (Phi) is 5.96. The summed E-state index contributed by atoms with van der Waals surface area (Å²) in [5.41, 5.74) is 3.63. The number of rotatable bonds is 6. The zero-order valence-electron chi connectivity index (χ0n) is 13.3. The summed E-state index contributed by atoms with van der Waals surface area (Å²) in [6.45, 7) is 3.66. The van der Waals surface area contributed by atoms with E-state index in [4.69, 9.17) is 0 Å². The van der Waals surface area contributed by atoms with Gasteiger partial charge in [0.1, 0.15) is 0 Å². The Morgan fingerprint density at radius 3 is 2.41 bits per heavy atom. The predicted octanol–water partition coefficient (Wildman–Crippen LogP) is 4.67. The van der Waals surface area contributed by atoms with Crippen LogP contribution >= 0.6 is 0 Å². The highest BCUT2D eigenvalue weighted by Crippen LogP contribution is 2.19. The van der Waals surface area contributed by atoms with E-state index in [1.807, 2.05) is 18.2 Å². The molecule has 114 valence electrons. The molecule has 0 spiro atoms. The molecule has 0 aliphatic carbocycles. The van der Waals surface area contributed by atoms with E-state index in [-0.39, 0.29) is 11.9 Å². The molecule has 0 fully saturated rings. The summed E-state index contributed by atoms with van der Waals surface area (Å²) in [4.78, 5) is 11.4. The normalized spacial score (nSPS) is 12.3. The first-order valence-electron chi connectivity index (χ1n) is 7.70. The fourth-order valence-corrected chi connectivity index (χ4v) is 2.41. The molecule has 1 N–H and O–H groups in total. The molecule has 0 saturated heterocycles. The van der Waals surface area contributed by atoms with Gasteiger partial charge in [-0.1, -0.05) is 72.3 Å². The summed E-state index contributed by atoms with van der Waals surface area (Å²) >= 11 is 0. The first-order valence-corrected chi connectivity index (χ1v) is 7.70. The van der Waals surface area contributed by atoms with Gasteiger partial charge in [-0.25, -0.2) is 0 Å². The third-order valence-electron chi connectivity index (χ3n) is 3.59. The lowest BCUT2D eigenvalue weighted by Gasteiger charge is -2.17. The average Bonchev–Trinajstić information content (AvgIpc) is 2.52. The molecule has 2 nitrogen and oxygen atoms in total. The number of allylic oxidation sites excluding steroid dienone is 1. The van der Waals surface area contributed by atoms with Crippen LogP contribution in [0.2, 0.25) is 0 Å². The molecule has 0 radical (unpaired) electrons. The van der Waals surface area contributed by atoms with Crippen molar-refractivity contribution in [2.24, 2.45) is 0 Å². The van der Waals surface area contributed by atoms with Crippen molar-refractivity contribution in [3.8, 4) is 0 Å². The molecule has 22 heavy (non-hydrogen) atoms. The van der Waals surface area contributed by atoms with Gasteiger partial charge in [0.25, 0.3) is 0 Å². The molecular weight excluding hydrogens is 270 g/mol. The molecule has 2 rings (SSSR count). The van der Waals surface area contributed by atoms with Crippen LogP contribution in [0.4, 0.5) is 0 Å². The summed E-state index contributed by atoms with van der Waals surface area (Å²) in [6, 6.07) is 18.7. The van der Waals surface area contributed by atoms with Gasteiger partial charge in [-0.05, 0) is 30.9 Å². The summed E-state index contributed by atoms with van der Waals surface area (Å²) in [7, 11) is 0. The van der Waals surface area contributed by atoms with Crippen LogP contribution in [0.1, 0.15) is 42.5 Å². The molecule has 1 amide bonds. The molecule has 0 heterocycles. The van der Waals surface area contributed by atoms with Crippen molar-refractivity contribution in [3.63, 3.8) is 0 Å². The zero-order valence-corrected chi connectivity index (χ0v) is 13.3. The van der Waals surface area contributed by atoms with Crippen LogP contribution in [0.15, 0.2) is 60.7 Å². The van der Waals surface area contributed by atoms with E-state index in [0.29, 0.717) is 0 Å². The Labute approximate surface area is 132 Å². The third kappa shape index (κ3) is 5.21. The molecule has 2 heteroatoms. The number of carbonyl (C=O) groups is 1. The van der Waals surface area contributed by atoms with Gasteiger partial charge < -0.3 is 5.32 Å². The second-order valence-electron chi connectivity index (χ2n) is 5.55. The molecule has 0 bridgehead atoms. The van der Waals surface area contributed by atoms with Gasteiger partial charge in [0.05, 0.1) is 6.04 Å². The van der Waals surface area contributed by atoms with E-state index in [1.54, 1.807) is 6.92 Å². The minimum absolute atomic E-state index is 0.0105. The minimum Gasteiger partial charge on any atom is -0.350 e. The van der Waals surface area contributed by atoms with Crippen LogP contribution in [-0.4, -0.2) is 5.91 Å². The Morgan fingerprint density at radius 1 is 1.09 bits per heavy atom. The number of nitrogens with one attached hydrogen (secondary N) is 1. The fourth-order valence-electron chi connectivity index (χ4n) is 2.41. The molecule has 0 aliphatic heterocycles. The van der Waals surface area contributed by atoms with Gasteiger partial charge in [0.15, 0.2) is 0 Å². The summed E-state index contributed by atoms with van der Waals surface area (Å²) in [5.74, 6) is 0.0105. The van der Waals surface area contributed by atoms with Gasteiger partial charge in [0.2, 0.25) is 5.91 Å². The van der Waals surface area contributed by atoms with Gasteiger partial charge in [-0.2, -0.15) is 0 Å². The first kappa shape index (κ1) is 16.0.